The number of hydrogen-bond acceptors (Lipinski definition) is 3. The maximum absolute atomic E-state index is 10.1. The normalized spacial score (nSPS) is 15.3. The lowest BCUT2D eigenvalue weighted by Crippen LogP contribution is -2.06. The Balaban J connectivity index is 3.67. The second-order valence-corrected chi connectivity index (χ2v) is 5.22. The minimum atomic E-state index is -3.60. The van der Waals surface area contributed by atoms with E-state index in [1.807, 2.05) is 0 Å². The zero-order chi connectivity index (χ0) is 7.49. The molecule has 0 aromatic heterocycles. The highest BCUT2D eigenvalue weighted by molar-refractivity contribution is 8.14. The molecule has 0 radical (unpaired) electrons. The summed E-state index contributed by atoms with van der Waals surface area (Å²) in [6.45, 7) is 0. The van der Waals surface area contributed by atoms with Gasteiger partial charge in [0, 0.05) is 10.7 Å². The Hall–Kier alpha value is 0.350. The molecular weight excluding hydrogens is 188 g/mol. The molecule has 56 valence electrons. The molecule has 0 spiro atoms. The highest BCUT2D eigenvalue weighted by Crippen LogP contribution is 1.95. The summed E-state index contributed by atoms with van der Waals surface area (Å²) in [5, 5.41) is 0. The molecular formula is C2H5ClO4S2. The van der Waals surface area contributed by atoms with Gasteiger partial charge in [-0.05, 0) is 0 Å². The molecule has 0 amide bonds. The van der Waals surface area contributed by atoms with E-state index in [1.165, 1.54) is 0 Å². The fourth-order valence-corrected chi connectivity index (χ4v) is 2.10. The molecule has 0 heterocycles. The van der Waals surface area contributed by atoms with Gasteiger partial charge in [0.2, 0.25) is 9.05 Å². The van der Waals surface area contributed by atoms with Gasteiger partial charge in [0.1, 0.15) is 0 Å². The van der Waals surface area contributed by atoms with E-state index in [1.54, 1.807) is 0 Å². The Kier molecular flexibility index (Phi) is 3.64. The molecule has 0 saturated carbocycles. The van der Waals surface area contributed by atoms with Crippen LogP contribution in [0.25, 0.3) is 0 Å². The molecule has 1 unspecified atom stereocenters. The summed E-state index contributed by atoms with van der Waals surface area (Å²) >= 11 is -2.08. The largest absolute Gasteiger partial charge is 0.306 e. The molecule has 0 aliphatic carbocycles. The van der Waals surface area contributed by atoms with Crippen molar-refractivity contribution >= 4 is 30.8 Å². The molecule has 4 nitrogen and oxygen atoms in total. The molecule has 0 bridgehead atoms. The quantitative estimate of drug-likeness (QED) is 0.496. The predicted octanol–water partition coefficient (Wildman–Crippen LogP) is -0.223. The van der Waals surface area contributed by atoms with E-state index in [0.717, 1.165) is 0 Å². The van der Waals surface area contributed by atoms with E-state index >= 15 is 0 Å². The molecule has 0 aromatic carbocycles. The van der Waals surface area contributed by atoms with Crippen molar-refractivity contribution in [2.24, 2.45) is 0 Å². The van der Waals surface area contributed by atoms with Crippen LogP contribution in [0.15, 0.2) is 0 Å². The lowest BCUT2D eigenvalue weighted by molar-refractivity contribution is 0.564. The van der Waals surface area contributed by atoms with Gasteiger partial charge in [-0.25, -0.2) is 12.6 Å². The first-order valence-electron chi connectivity index (χ1n) is 1.91. The van der Waals surface area contributed by atoms with Crippen LogP contribution in [0.5, 0.6) is 0 Å². The van der Waals surface area contributed by atoms with Crippen LogP contribution in [0.1, 0.15) is 0 Å². The van der Waals surface area contributed by atoms with Crippen molar-refractivity contribution in [3.63, 3.8) is 0 Å². The summed E-state index contributed by atoms with van der Waals surface area (Å²) in [5.74, 6) is -0.788. The van der Waals surface area contributed by atoms with Crippen LogP contribution >= 0.6 is 10.7 Å². The highest BCUT2D eigenvalue weighted by atomic mass is 35.7. The molecule has 0 aliphatic heterocycles. The summed E-state index contributed by atoms with van der Waals surface area (Å²) in [6.07, 6.45) is 0. The average molecular weight is 193 g/mol. The lowest BCUT2D eigenvalue weighted by atomic mass is 11.0. The van der Waals surface area contributed by atoms with Crippen LogP contribution in [0.3, 0.4) is 0 Å². The Morgan fingerprint density at radius 1 is 1.56 bits per heavy atom. The van der Waals surface area contributed by atoms with Gasteiger partial charge in [0.25, 0.3) is 0 Å². The van der Waals surface area contributed by atoms with Gasteiger partial charge in [-0.2, -0.15) is 0 Å². The van der Waals surface area contributed by atoms with Crippen molar-refractivity contribution in [2.45, 2.75) is 0 Å². The fraction of sp³-hybridized carbons (Fsp3) is 1.00. The van der Waals surface area contributed by atoms with E-state index in [-0.39, 0.29) is 5.75 Å². The van der Waals surface area contributed by atoms with Gasteiger partial charge in [-0.15, -0.1) is 0 Å². The zero-order valence-electron chi connectivity index (χ0n) is 4.28. The Morgan fingerprint density at radius 2 is 2.00 bits per heavy atom. The minimum absolute atomic E-state index is 0.328. The van der Waals surface area contributed by atoms with Gasteiger partial charge in [0.15, 0.2) is 11.1 Å². The molecule has 1 atom stereocenters. The maximum Gasteiger partial charge on any atom is 0.233 e. The smallest absolute Gasteiger partial charge is 0.233 e. The molecule has 1 N–H and O–H groups in total. The van der Waals surface area contributed by atoms with Crippen LogP contribution in [0.2, 0.25) is 0 Å². The highest BCUT2D eigenvalue weighted by Gasteiger charge is 2.06. The van der Waals surface area contributed by atoms with Gasteiger partial charge in [-0.1, -0.05) is 0 Å². The SMILES string of the molecule is O=S(O)CCS(=O)(=O)Cl. The average Bonchev–Trinajstić information content (AvgIpc) is 1.59. The molecule has 0 fully saturated rings. The summed E-state index contributed by atoms with van der Waals surface area (Å²) in [5.41, 5.74) is 0. The van der Waals surface area contributed by atoms with Crippen LogP contribution in [-0.2, 0) is 20.1 Å². The molecule has 0 rings (SSSR count). The third-order valence-electron chi connectivity index (χ3n) is 0.502. The first kappa shape index (κ1) is 9.35. The first-order valence-corrected chi connectivity index (χ1v) is 5.67. The van der Waals surface area contributed by atoms with Gasteiger partial charge >= 0.3 is 0 Å². The van der Waals surface area contributed by atoms with E-state index < -0.39 is 25.9 Å². The van der Waals surface area contributed by atoms with Crippen molar-refractivity contribution in [1.29, 1.82) is 0 Å². The van der Waals surface area contributed by atoms with Gasteiger partial charge in [0.05, 0.1) is 11.5 Å². The minimum Gasteiger partial charge on any atom is -0.306 e. The summed E-state index contributed by atoms with van der Waals surface area (Å²) in [4.78, 5) is 0. The third-order valence-corrected chi connectivity index (χ3v) is 2.47. The molecule has 0 aliphatic rings. The Bertz CT molecular complexity index is 195. The van der Waals surface area contributed by atoms with Crippen molar-refractivity contribution in [1.82, 2.24) is 0 Å². The second-order valence-electron chi connectivity index (χ2n) is 1.27. The van der Waals surface area contributed by atoms with Crippen LogP contribution in [-0.4, -0.2) is 28.7 Å². The van der Waals surface area contributed by atoms with Crippen molar-refractivity contribution < 1.29 is 17.2 Å². The van der Waals surface area contributed by atoms with Crippen LogP contribution in [0, 0.1) is 0 Å². The maximum atomic E-state index is 10.1. The van der Waals surface area contributed by atoms with Gasteiger partial charge in [-0.3, -0.25) is 0 Å². The van der Waals surface area contributed by atoms with Crippen molar-refractivity contribution in [3.05, 3.63) is 0 Å². The lowest BCUT2D eigenvalue weighted by Gasteiger charge is -1.88. The van der Waals surface area contributed by atoms with Crippen LogP contribution < -0.4 is 0 Å². The molecule has 7 heteroatoms. The summed E-state index contributed by atoms with van der Waals surface area (Å²) in [7, 11) is 1.10. The van der Waals surface area contributed by atoms with E-state index in [2.05, 4.69) is 0 Å². The Morgan fingerprint density at radius 3 is 2.11 bits per heavy atom. The summed E-state index contributed by atoms with van der Waals surface area (Å²) < 4.78 is 38.0. The predicted molar refractivity (Wildman–Crippen MR) is 35.3 cm³/mol. The van der Waals surface area contributed by atoms with Crippen molar-refractivity contribution in [3.8, 4) is 0 Å². The summed E-state index contributed by atoms with van der Waals surface area (Å²) in [6, 6.07) is 0. The topological polar surface area (TPSA) is 71.4 Å². The Labute approximate surface area is 59.9 Å². The molecule has 0 aromatic rings. The zero-order valence-corrected chi connectivity index (χ0v) is 6.67. The number of rotatable bonds is 3. The number of halogens is 1. The molecule has 9 heavy (non-hydrogen) atoms. The standard InChI is InChI=1S/C2H5ClO4S2/c3-9(6,7)2-1-8(4)5/h1-2H2,(H,4,5). The second kappa shape index (κ2) is 3.50. The van der Waals surface area contributed by atoms with E-state index in [0.29, 0.717) is 0 Å². The monoisotopic (exact) mass is 192 g/mol. The fourth-order valence-electron chi connectivity index (χ4n) is 0.171. The van der Waals surface area contributed by atoms with Crippen LogP contribution in [0.4, 0.5) is 0 Å². The number of hydrogen-bond donors (Lipinski definition) is 1. The van der Waals surface area contributed by atoms with E-state index in [9.17, 15) is 12.6 Å². The van der Waals surface area contributed by atoms with Crippen molar-refractivity contribution in [2.75, 3.05) is 11.5 Å². The van der Waals surface area contributed by atoms with Gasteiger partial charge < -0.3 is 4.55 Å². The first-order chi connectivity index (χ1) is 3.92. The third kappa shape index (κ3) is 8.35. The molecule has 0 saturated heterocycles. The van der Waals surface area contributed by atoms with E-state index in [4.69, 9.17) is 15.2 Å².